The van der Waals surface area contributed by atoms with Gasteiger partial charge in [-0.3, -0.25) is 10.7 Å². The van der Waals surface area contributed by atoms with Crippen molar-refractivity contribution in [3.05, 3.63) is 60.2 Å². The van der Waals surface area contributed by atoms with Gasteiger partial charge in [0.05, 0.1) is 5.69 Å². The quantitative estimate of drug-likeness (QED) is 0.319. The Labute approximate surface area is 99.4 Å². The number of benzene rings is 2. The van der Waals surface area contributed by atoms with Crippen molar-refractivity contribution in [1.82, 2.24) is 5.48 Å². The van der Waals surface area contributed by atoms with Crippen molar-refractivity contribution in [1.29, 1.82) is 0 Å². The molecule has 0 saturated carbocycles. The molecule has 0 aliphatic rings. The maximum absolute atomic E-state index is 9.10. The topological polar surface area (TPSA) is 70.6 Å². The lowest BCUT2D eigenvalue weighted by Gasteiger charge is -2.05. The average Bonchev–Trinajstić information content (AvgIpc) is 2.38. The highest BCUT2D eigenvalue weighted by molar-refractivity contribution is 5.99. The summed E-state index contributed by atoms with van der Waals surface area (Å²) in [4.78, 5) is 4.29. The van der Waals surface area contributed by atoms with Crippen molar-refractivity contribution in [2.75, 3.05) is 5.73 Å². The molecule has 0 atom stereocenters. The third-order valence-electron chi connectivity index (χ3n) is 2.29. The maximum Gasteiger partial charge on any atom is 0.157 e. The highest BCUT2D eigenvalue weighted by atomic mass is 16.5. The Morgan fingerprint density at radius 1 is 1.00 bits per heavy atom. The molecule has 2 rings (SSSR count). The number of para-hydroxylation sites is 1. The summed E-state index contributed by atoms with van der Waals surface area (Å²) in [6.45, 7) is 0. The minimum Gasteiger partial charge on any atom is -0.399 e. The Morgan fingerprint density at radius 2 is 1.65 bits per heavy atom. The third kappa shape index (κ3) is 2.83. The molecule has 0 spiro atoms. The van der Waals surface area contributed by atoms with Crippen molar-refractivity contribution in [2.24, 2.45) is 4.99 Å². The lowest BCUT2D eigenvalue weighted by Crippen LogP contribution is -2.19. The van der Waals surface area contributed by atoms with Crippen LogP contribution in [0, 0.1) is 0 Å². The molecule has 0 saturated heterocycles. The van der Waals surface area contributed by atoms with E-state index in [-0.39, 0.29) is 0 Å². The van der Waals surface area contributed by atoms with Gasteiger partial charge in [0.2, 0.25) is 0 Å². The molecule has 0 fully saturated rings. The molecule has 0 amide bonds. The van der Waals surface area contributed by atoms with Crippen LogP contribution in [0.4, 0.5) is 11.4 Å². The highest BCUT2D eigenvalue weighted by Gasteiger charge is 2.01. The van der Waals surface area contributed by atoms with Crippen LogP contribution in [-0.4, -0.2) is 11.0 Å². The van der Waals surface area contributed by atoms with Crippen LogP contribution in [0.25, 0.3) is 0 Å². The first kappa shape index (κ1) is 11.2. The second kappa shape index (κ2) is 5.14. The van der Waals surface area contributed by atoms with Crippen LogP contribution in [0.2, 0.25) is 0 Å². The second-order valence-electron chi connectivity index (χ2n) is 3.53. The van der Waals surface area contributed by atoms with E-state index in [0.717, 1.165) is 11.3 Å². The van der Waals surface area contributed by atoms with Crippen molar-refractivity contribution in [2.45, 2.75) is 0 Å². The number of aliphatic imine (C=N–C) groups is 1. The van der Waals surface area contributed by atoms with Gasteiger partial charge in [-0.1, -0.05) is 18.2 Å². The summed E-state index contributed by atoms with van der Waals surface area (Å²) >= 11 is 0. The third-order valence-corrected chi connectivity index (χ3v) is 2.29. The molecule has 0 bridgehead atoms. The van der Waals surface area contributed by atoms with Gasteiger partial charge in [-0.05, 0) is 36.4 Å². The number of anilines is 1. The molecular weight excluding hydrogens is 214 g/mol. The Balaban J connectivity index is 2.34. The molecular formula is C13H13N3O. The van der Waals surface area contributed by atoms with Gasteiger partial charge in [0.15, 0.2) is 5.84 Å². The molecule has 4 nitrogen and oxygen atoms in total. The van der Waals surface area contributed by atoms with Crippen LogP contribution in [0.1, 0.15) is 5.56 Å². The van der Waals surface area contributed by atoms with E-state index >= 15 is 0 Å². The van der Waals surface area contributed by atoms with Gasteiger partial charge in [0.25, 0.3) is 0 Å². The standard InChI is InChI=1S/C13H13N3O/c14-11-8-6-10(7-9-11)13(16-17)15-12-4-2-1-3-5-12/h1-9,17H,14H2,(H,15,16). The van der Waals surface area contributed by atoms with Gasteiger partial charge in [0, 0.05) is 11.3 Å². The molecule has 4 heteroatoms. The molecule has 0 unspecified atom stereocenters. The van der Waals surface area contributed by atoms with Crippen molar-refractivity contribution in [3.8, 4) is 0 Å². The summed E-state index contributed by atoms with van der Waals surface area (Å²) in [5.74, 6) is 0.385. The lowest BCUT2D eigenvalue weighted by molar-refractivity contribution is 0.235. The fourth-order valence-corrected chi connectivity index (χ4v) is 1.43. The molecule has 17 heavy (non-hydrogen) atoms. The van der Waals surface area contributed by atoms with Gasteiger partial charge in [0.1, 0.15) is 0 Å². The van der Waals surface area contributed by atoms with E-state index in [9.17, 15) is 0 Å². The molecule has 4 N–H and O–H groups in total. The van der Waals surface area contributed by atoms with Crippen molar-refractivity contribution in [3.63, 3.8) is 0 Å². The summed E-state index contributed by atoms with van der Waals surface area (Å²) in [6.07, 6.45) is 0. The Kier molecular flexibility index (Phi) is 3.37. The molecule has 0 radical (unpaired) electrons. The van der Waals surface area contributed by atoms with E-state index in [1.807, 2.05) is 30.3 Å². The largest absolute Gasteiger partial charge is 0.399 e. The fraction of sp³-hybridized carbons (Fsp3) is 0. The summed E-state index contributed by atoms with van der Waals surface area (Å²) in [7, 11) is 0. The number of nitrogens with two attached hydrogens (primary N) is 1. The predicted octanol–water partition coefficient (Wildman–Crippen LogP) is 2.33. The monoisotopic (exact) mass is 227 g/mol. The molecule has 2 aromatic carbocycles. The number of hydrogen-bond acceptors (Lipinski definition) is 3. The smallest absolute Gasteiger partial charge is 0.157 e. The van der Waals surface area contributed by atoms with Crippen LogP contribution in [0.5, 0.6) is 0 Å². The number of hydroxylamine groups is 1. The van der Waals surface area contributed by atoms with Crippen LogP contribution in [0.3, 0.4) is 0 Å². The number of nitrogens with one attached hydrogen (secondary N) is 1. The van der Waals surface area contributed by atoms with Crippen LogP contribution >= 0.6 is 0 Å². The van der Waals surface area contributed by atoms with Gasteiger partial charge in [-0.25, -0.2) is 4.99 Å². The first-order chi connectivity index (χ1) is 8.29. The van der Waals surface area contributed by atoms with Crippen LogP contribution in [-0.2, 0) is 0 Å². The summed E-state index contributed by atoms with van der Waals surface area (Å²) < 4.78 is 0. The van der Waals surface area contributed by atoms with E-state index in [4.69, 9.17) is 10.9 Å². The van der Waals surface area contributed by atoms with E-state index in [0.29, 0.717) is 11.5 Å². The van der Waals surface area contributed by atoms with Crippen molar-refractivity contribution < 1.29 is 5.21 Å². The summed E-state index contributed by atoms with van der Waals surface area (Å²) in [5.41, 5.74) is 9.90. The zero-order chi connectivity index (χ0) is 12.1. The zero-order valence-electron chi connectivity index (χ0n) is 9.17. The normalized spacial score (nSPS) is 11.2. The number of amidine groups is 1. The molecule has 0 aliphatic heterocycles. The number of rotatable bonds is 2. The maximum atomic E-state index is 9.10. The Morgan fingerprint density at radius 3 is 2.24 bits per heavy atom. The number of hydrogen-bond donors (Lipinski definition) is 3. The predicted molar refractivity (Wildman–Crippen MR) is 68.4 cm³/mol. The van der Waals surface area contributed by atoms with Crippen molar-refractivity contribution >= 4 is 17.2 Å². The van der Waals surface area contributed by atoms with Gasteiger partial charge >= 0.3 is 0 Å². The van der Waals surface area contributed by atoms with Gasteiger partial charge in [-0.15, -0.1) is 0 Å². The number of nitrogens with zero attached hydrogens (tertiary/aromatic N) is 1. The summed E-state index contributed by atoms with van der Waals surface area (Å²) in [6, 6.07) is 16.5. The molecule has 86 valence electrons. The average molecular weight is 227 g/mol. The zero-order valence-corrected chi connectivity index (χ0v) is 9.17. The molecule has 0 aliphatic carbocycles. The van der Waals surface area contributed by atoms with E-state index in [1.165, 1.54) is 0 Å². The molecule has 0 aromatic heterocycles. The first-order valence-electron chi connectivity index (χ1n) is 5.19. The minimum absolute atomic E-state index is 0.385. The second-order valence-corrected chi connectivity index (χ2v) is 3.53. The van der Waals surface area contributed by atoms with Crippen LogP contribution < -0.4 is 11.2 Å². The Bertz CT molecular complexity index is 506. The fourth-order valence-electron chi connectivity index (χ4n) is 1.43. The van der Waals surface area contributed by atoms with Crippen LogP contribution in [0.15, 0.2) is 59.6 Å². The summed E-state index contributed by atoms with van der Waals surface area (Å²) in [5, 5.41) is 9.10. The Hall–Kier alpha value is -2.33. The molecule has 0 heterocycles. The lowest BCUT2D eigenvalue weighted by atomic mass is 10.2. The molecule has 2 aromatic rings. The first-order valence-corrected chi connectivity index (χ1v) is 5.19. The van der Waals surface area contributed by atoms with E-state index < -0.39 is 0 Å². The van der Waals surface area contributed by atoms with E-state index in [2.05, 4.69) is 10.5 Å². The van der Waals surface area contributed by atoms with E-state index in [1.54, 1.807) is 24.3 Å². The minimum atomic E-state index is 0.385. The number of nitrogen functional groups attached to an aromatic ring is 1. The highest BCUT2D eigenvalue weighted by Crippen LogP contribution is 2.13. The van der Waals surface area contributed by atoms with Gasteiger partial charge < -0.3 is 5.73 Å². The SMILES string of the molecule is Nc1ccc(C(=Nc2ccccc2)NO)cc1. The van der Waals surface area contributed by atoms with Gasteiger partial charge in [-0.2, -0.15) is 0 Å².